The van der Waals surface area contributed by atoms with Crippen molar-refractivity contribution in [3.8, 4) is 0 Å². The Hall–Kier alpha value is -3.15. The molecule has 9 heteroatoms. The number of carbonyl (C=O) groups excluding carboxylic acids is 1. The topological polar surface area (TPSA) is 149 Å². The average molecular weight is 1170 g/mol. The average Bonchev–Trinajstić information content (AvgIpc) is 3.69. The summed E-state index contributed by atoms with van der Waals surface area (Å²) < 4.78 is 11.3. The van der Waals surface area contributed by atoms with Gasteiger partial charge in [0.05, 0.1) is 25.4 Å². The molecule has 84 heavy (non-hydrogen) atoms. The molecule has 1 rings (SSSR count). The second-order valence-corrected chi connectivity index (χ2v) is 23.9. The number of ether oxygens (including phenoxy) is 2. The summed E-state index contributed by atoms with van der Waals surface area (Å²) >= 11 is 0. The zero-order chi connectivity index (χ0) is 60.7. The van der Waals surface area contributed by atoms with Crippen molar-refractivity contribution >= 4 is 5.91 Å². The first-order valence-electron chi connectivity index (χ1n) is 35.1. The van der Waals surface area contributed by atoms with Crippen LogP contribution in [0.1, 0.15) is 303 Å². The molecule has 0 spiro atoms. The van der Waals surface area contributed by atoms with E-state index in [1.165, 1.54) is 186 Å². The number of unbranched alkanes of at least 4 members (excludes halogenated alkanes) is 32. The molecule has 0 radical (unpaired) electrons. The van der Waals surface area contributed by atoms with Gasteiger partial charge in [0, 0.05) is 6.42 Å². The zero-order valence-corrected chi connectivity index (χ0v) is 54.1. The van der Waals surface area contributed by atoms with Crippen LogP contribution >= 0.6 is 0 Å². The van der Waals surface area contributed by atoms with Gasteiger partial charge in [0.2, 0.25) is 5.91 Å². The lowest BCUT2D eigenvalue weighted by molar-refractivity contribution is -0.302. The van der Waals surface area contributed by atoms with Crippen LogP contribution in [0.25, 0.3) is 0 Å². The summed E-state index contributed by atoms with van der Waals surface area (Å²) in [5.41, 5.74) is 0. The fourth-order valence-electron chi connectivity index (χ4n) is 10.7. The molecule has 1 aliphatic heterocycles. The molecule has 0 aromatic rings. The van der Waals surface area contributed by atoms with Crippen molar-refractivity contribution in [3.63, 3.8) is 0 Å². The number of hydrogen-bond donors (Lipinski definition) is 6. The summed E-state index contributed by atoms with van der Waals surface area (Å²) in [5, 5.41) is 54.9. The summed E-state index contributed by atoms with van der Waals surface area (Å²) in [7, 11) is 0. The molecule has 484 valence electrons. The van der Waals surface area contributed by atoms with Crippen LogP contribution in [0, 0.1) is 0 Å². The largest absolute Gasteiger partial charge is 0.394 e. The summed E-state index contributed by atoms with van der Waals surface area (Å²) in [5.74, 6) is -0.202. The number of aliphatic hydroxyl groups excluding tert-OH is 5. The molecule has 7 unspecified atom stereocenters. The van der Waals surface area contributed by atoms with Crippen LogP contribution in [0.3, 0.4) is 0 Å². The minimum absolute atomic E-state index is 0.167. The van der Waals surface area contributed by atoms with Gasteiger partial charge in [-0.1, -0.05) is 329 Å². The molecule has 0 saturated carbocycles. The van der Waals surface area contributed by atoms with Gasteiger partial charge >= 0.3 is 0 Å². The Balaban J connectivity index is 2.18. The smallest absolute Gasteiger partial charge is 0.220 e. The van der Waals surface area contributed by atoms with Crippen molar-refractivity contribution < 1.29 is 39.8 Å². The Bertz CT molecular complexity index is 1690. The molecule has 1 amide bonds. The van der Waals surface area contributed by atoms with Crippen molar-refractivity contribution in [3.05, 3.63) is 109 Å². The number of aliphatic hydroxyl groups is 5. The van der Waals surface area contributed by atoms with Crippen LogP contribution in [0.2, 0.25) is 0 Å². The van der Waals surface area contributed by atoms with Crippen molar-refractivity contribution in [1.29, 1.82) is 0 Å². The van der Waals surface area contributed by atoms with Gasteiger partial charge in [-0.05, 0) is 77.0 Å². The van der Waals surface area contributed by atoms with Gasteiger partial charge in [-0.3, -0.25) is 4.79 Å². The molecule has 0 aromatic carbocycles. The normalized spacial score (nSPS) is 18.9. The predicted molar refractivity (Wildman–Crippen MR) is 359 cm³/mol. The predicted octanol–water partition coefficient (Wildman–Crippen LogP) is 19.2. The maximum absolute atomic E-state index is 13.1. The van der Waals surface area contributed by atoms with Gasteiger partial charge in [0.25, 0.3) is 0 Å². The molecule has 7 atom stereocenters. The Morgan fingerprint density at radius 3 is 1.05 bits per heavy atom. The van der Waals surface area contributed by atoms with Gasteiger partial charge < -0.3 is 40.3 Å². The summed E-state index contributed by atoms with van der Waals surface area (Å²) in [6.45, 7) is 3.72. The third kappa shape index (κ3) is 50.9. The minimum atomic E-state index is -1.57. The number of nitrogens with one attached hydrogen (secondary N) is 1. The van der Waals surface area contributed by atoms with Crippen LogP contribution in [-0.2, 0) is 14.3 Å². The van der Waals surface area contributed by atoms with Crippen molar-refractivity contribution in [1.82, 2.24) is 5.32 Å². The molecular weight excluding hydrogens is 1040 g/mol. The van der Waals surface area contributed by atoms with Gasteiger partial charge in [-0.25, -0.2) is 0 Å². The molecule has 0 bridgehead atoms. The number of amides is 1. The van der Waals surface area contributed by atoms with E-state index in [1.807, 2.05) is 0 Å². The van der Waals surface area contributed by atoms with Crippen molar-refractivity contribution in [2.45, 2.75) is 346 Å². The van der Waals surface area contributed by atoms with E-state index in [-0.39, 0.29) is 18.9 Å². The second-order valence-electron chi connectivity index (χ2n) is 23.9. The lowest BCUT2D eigenvalue weighted by Gasteiger charge is -2.40. The highest BCUT2D eigenvalue weighted by molar-refractivity contribution is 5.76. The summed E-state index contributed by atoms with van der Waals surface area (Å²) in [4.78, 5) is 13.1. The molecule has 0 aromatic heterocycles. The number of carbonyl (C=O) groups is 1. The van der Waals surface area contributed by atoms with E-state index >= 15 is 0 Å². The molecule has 9 nitrogen and oxygen atoms in total. The van der Waals surface area contributed by atoms with Crippen LogP contribution in [0.5, 0.6) is 0 Å². The van der Waals surface area contributed by atoms with Crippen LogP contribution in [-0.4, -0.2) is 87.5 Å². The van der Waals surface area contributed by atoms with Crippen molar-refractivity contribution in [2.24, 2.45) is 0 Å². The van der Waals surface area contributed by atoms with E-state index in [0.717, 1.165) is 83.5 Å². The maximum atomic E-state index is 13.1. The zero-order valence-electron chi connectivity index (χ0n) is 54.1. The maximum Gasteiger partial charge on any atom is 0.220 e. The van der Waals surface area contributed by atoms with E-state index in [4.69, 9.17) is 9.47 Å². The lowest BCUT2D eigenvalue weighted by Crippen LogP contribution is -2.60. The molecular formula is C75H131NO8. The van der Waals surface area contributed by atoms with Crippen molar-refractivity contribution in [2.75, 3.05) is 13.2 Å². The van der Waals surface area contributed by atoms with E-state index in [9.17, 15) is 30.3 Å². The fraction of sp³-hybridized carbons (Fsp3) is 0.747. The Morgan fingerprint density at radius 2 is 0.726 bits per heavy atom. The van der Waals surface area contributed by atoms with Crippen LogP contribution in [0.4, 0.5) is 0 Å². The number of allylic oxidation sites excluding steroid dienone is 18. The molecule has 1 fully saturated rings. The number of rotatable bonds is 60. The van der Waals surface area contributed by atoms with Gasteiger partial charge in [-0.15, -0.1) is 0 Å². The summed E-state index contributed by atoms with van der Waals surface area (Å²) in [6, 6.07) is -0.761. The monoisotopic (exact) mass is 1170 g/mol. The SMILES string of the molecule is CC/C=C\C/C=C\C/C=C\C/C=C\C/C=C\C/C=C\C/C=C\C/C=C\C/C=C\CCCC(=O)NC(COC1OC(CO)C(O)C(O)C1O)C(O)CCCCCCCCCCCCCCCCCCCCCCCCCCCCCCCCCC. The Labute approximate surface area is 516 Å². The first-order chi connectivity index (χ1) is 41.3. The Morgan fingerprint density at radius 1 is 0.417 bits per heavy atom. The molecule has 6 N–H and O–H groups in total. The van der Waals surface area contributed by atoms with Crippen LogP contribution < -0.4 is 5.32 Å². The molecule has 1 heterocycles. The second kappa shape index (κ2) is 62.9. The standard InChI is InChI=1S/C75H131NO8/c1-3-5-7-9-11-13-15-17-19-21-23-25-27-29-31-33-34-35-37-38-40-42-44-46-48-50-52-54-56-58-60-62-64-69(78)68(67-83-75-74(82)73(81)72(80)70(66-77)84-75)76-71(79)65-63-61-59-57-55-53-51-49-47-45-43-41-39-36-32-30-28-26-24-22-20-18-16-14-12-10-8-6-4-2/h6,8,12,14,18,20,24,26,30,32,39,41,45,47,51,53,57,59,68-70,72-75,77-78,80-82H,3-5,7,9-11,13,15-17,19,21-23,25,27-29,31,33-38,40,42-44,46,48-50,52,54-56,58,60-67H2,1-2H3,(H,76,79)/b8-6-,14-12-,20-18-,26-24-,32-30-,41-39-,47-45-,53-51-,59-57-. The third-order valence-corrected chi connectivity index (χ3v) is 16.1. The summed E-state index contributed by atoms with van der Waals surface area (Å²) in [6.07, 6.45) is 85.9. The Kier molecular flexibility index (Phi) is 59.0. The van der Waals surface area contributed by atoms with E-state index in [1.54, 1.807) is 0 Å². The minimum Gasteiger partial charge on any atom is -0.394 e. The van der Waals surface area contributed by atoms with E-state index < -0.39 is 49.5 Å². The highest BCUT2D eigenvalue weighted by atomic mass is 16.7. The van der Waals surface area contributed by atoms with Gasteiger partial charge in [-0.2, -0.15) is 0 Å². The number of hydrogen-bond acceptors (Lipinski definition) is 8. The fourth-order valence-corrected chi connectivity index (χ4v) is 10.7. The van der Waals surface area contributed by atoms with Gasteiger partial charge in [0.15, 0.2) is 6.29 Å². The lowest BCUT2D eigenvalue weighted by atomic mass is 9.99. The molecule has 1 aliphatic rings. The van der Waals surface area contributed by atoms with E-state index in [0.29, 0.717) is 12.8 Å². The first kappa shape index (κ1) is 78.9. The molecule has 1 saturated heterocycles. The highest BCUT2D eigenvalue weighted by Crippen LogP contribution is 2.23. The quantitative estimate of drug-likeness (QED) is 0.0261. The van der Waals surface area contributed by atoms with E-state index in [2.05, 4.69) is 129 Å². The third-order valence-electron chi connectivity index (χ3n) is 16.1. The van der Waals surface area contributed by atoms with Crippen LogP contribution in [0.15, 0.2) is 109 Å². The van der Waals surface area contributed by atoms with Gasteiger partial charge in [0.1, 0.15) is 24.4 Å². The highest BCUT2D eigenvalue weighted by Gasteiger charge is 2.44. The molecule has 0 aliphatic carbocycles. The first-order valence-corrected chi connectivity index (χ1v) is 35.1.